The summed E-state index contributed by atoms with van der Waals surface area (Å²) in [5, 5.41) is 2.31. The first-order valence-corrected chi connectivity index (χ1v) is 16.3. The quantitative estimate of drug-likeness (QED) is 0.213. The first-order valence-electron chi connectivity index (χ1n) is 11.3. The summed E-state index contributed by atoms with van der Waals surface area (Å²) in [7, 11) is 13.0. The molecule has 5 heteroatoms. The number of carbonyl (C=O) groups excluding carboxylic acids is 1. The number of fused-ring (bicyclic) bond motifs is 4. The van der Waals surface area contributed by atoms with Crippen LogP contribution < -0.4 is 0 Å². The molecule has 1 aliphatic carbocycles. The molecule has 0 saturated heterocycles. The van der Waals surface area contributed by atoms with Crippen LogP contribution >= 0.6 is 18.6 Å². The Morgan fingerprint density at radius 3 is 2.06 bits per heavy atom. The van der Waals surface area contributed by atoms with E-state index in [2.05, 4.69) is 78.9 Å². The number of halogens is 2. The van der Waals surface area contributed by atoms with Crippen molar-refractivity contribution in [3.8, 4) is 11.1 Å². The molecule has 165 valence electrons. The van der Waals surface area contributed by atoms with E-state index in [1.54, 1.807) is 3.38 Å². The van der Waals surface area contributed by atoms with Gasteiger partial charge in [0.2, 0.25) is 0 Å². The van der Waals surface area contributed by atoms with Gasteiger partial charge in [-0.25, -0.2) is 0 Å². The molecule has 1 amide bonds. The third-order valence-corrected chi connectivity index (χ3v) is 9.46. The summed E-state index contributed by atoms with van der Waals surface area (Å²) in [6.45, 7) is 2.45. The Bertz CT molecular complexity index is 1290. The van der Waals surface area contributed by atoms with Gasteiger partial charge in [-0.15, -0.1) is 0 Å². The van der Waals surface area contributed by atoms with Crippen molar-refractivity contribution < 1.29 is 20.8 Å². The average Bonchev–Trinajstić information content (AvgIpc) is 3.16. The van der Waals surface area contributed by atoms with Crippen molar-refractivity contribution in [2.45, 2.75) is 32.2 Å². The van der Waals surface area contributed by atoms with E-state index in [-0.39, 0.29) is 11.8 Å². The fourth-order valence-electron chi connectivity index (χ4n) is 5.04. The molecule has 0 saturated carbocycles. The minimum atomic E-state index is -2.68. The first kappa shape index (κ1) is 22.7. The number of benzene rings is 4. The Morgan fingerprint density at radius 1 is 0.818 bits per heavy atom. The zero-order valence-corrected chi connectivity index (χ0v) is 21.5. The van der Waals surface area contributed by atoms with Crippen LogP contribution in [0.4, 0.5) is 0 Å². The van der Waals surface area contributed by atoms with E-state index in [0.717, 1.165) is 22.8 Å². The van der Waals surface area contributed by atoms with Gasteiger partial charge in [0, 0.05) is 0 Å². The van der Waals surface area contributed by atoms with Crippen molar-refractivity contribution in [1.82, 2.24) is 3.38 Å². The second-order valence-electron chi connectivity index (χ2n) is 8.43. The molecule has 0 unspecified atom stereocenters. The Morgan fingerprint density at radius 2 is 1.42 bits per heavy atom. The molecule has 0 radical (unpaired) electrons. The van der Waals surface area contributed by atoms with Crippen molar-refractivity contribution in [3.05, 3.63) is 107 Å². The number of hydrogen-bond acceptors (Lipinski definition) is 1. The molecular weight excluding hydrogens is 485 g/mol. The molecule has 0 bridgehead atoms. The van der Waals surface area contributed by atoms with Crippen LogP contribution in [0.15, 0.2) is 84.9 Å². The van der Waals surface area contributed by atoms with E-state index in [0.29, 0.717) is 13.0 Å². The summed E-state index contributed by atoms with van der Waals surface area (Å²) < 4.78 is 1.75. The third kappa shape index (κ3) is 4.15. The van der Waals surface area contributed by atoms with Gasteiger partial charge in [0.05, 0.1) is 0 Å². The second-order valence-corrected chi connectivity index (χ2v) is 13.8. The van der Waals surface area contributed by atoms with Gasteiger partial charge in [-0.3, -0.25) is 0 Å². The fraction of sp³-hybridized carbons (Fsp3) is 0.179. The standard InChI is InChI=1S/C28H25NO.2ClH.Ti/c1-2-9-27(30)29-18-26-20-11-4-3-10-19(20)16-17-25(26)28-23-14-7-5-12-21(23)22-13-6-8-15-24(22)28;;;/h3-8,10-17,28H,2,9,18H2,1H3,(H,29,30);2*1H;/q;;;+3/p-3. The van der Waals surface area contributed by atoms with Crippen LogP contribution in [-0.4, -0.2) is 9.29 Å². The fourth-order valence-corrected chi connectivity index (χ4v) is 7.21. The minimum absolute atomic E-state index is 0.0450. The van der Waals surface area contributed by atoms with Crippen LogP contribution in [0.3, 0.4) is 0 Å². The van der Waals surface area contributed by atoms with Crippen LogP contribution in [0.25, 0.3) is 21.9 Å². The first-order chi connectivity index (χ1) is 16.1. The summed E-state index contributed by atoms with van der Waals surface area (Å²) >= 11 is -2.68. The van der Waals surface area contributed by atoms with E-state index >= 15 is 0 Å². The van der Waals surface area contributed by atoms with Crippen molar-refractivity contribution in [1.29, 1.82) is 0 Å². The summed E-state index contributed by atoms with van der Waals surface area (Å²) in [6, 6.07) is 30.1. The van der Waals surface area contributed by atoms with Crippen LogP contribution in [0.5, 0.6) is 0 Å². The number of carbonyl (C=O) groups is 1. The van der Waals surface area contributed by atoms with Crippen LogP contribution in [0.1, 0.15) is 47.9 Å². The van der Waals surface area contributed by atoms with E-state index < -0.39 is 16.0 Å². The number of hydrogen-bond donors (Lipinski definition) is 0. The molecule has 0 atom stereocenters. The molecule has 33 heavy (non-hydrogen) atoms. The van der Waals surface area contributed by atoms with Crippen molar-refractivity contribution in [2.24, 2.45) is 0 Å². The van der Waals surface area contributed by atoms with Gasteiger partial charge in [0.25, 0.3) is 0 Å². The Balaban J connectivity index is 1.73. The normalized spacial score (nSPS) is 12.5. The van der Waals surface area contributed by atoms with E-state index in [4.69, 9.17) is 18.6 Å². The monoisotopic (exact) mass is 508 g/mol. The molecule has 4 aromatic carbocycles. The summed E-state index contributed by atoms with van der Waals surface area (Å²) in [4.78, 5) is 13.0. The second kappa shape index (κ2) is 9.64. The molecule has 0 heterocycles. The maximum atomic E-state index is 13.0. The number of nitrogens with zero attached hydrogens (tertiary/aromatic N) is 1. The van der Waals surface area contributed by atoms with E-state index in [1.807, 2.05) is 13.0 Å². The van der Waals surface area contributed by atoms with Gasteiger partial charge >= 0.3 is 210 Å². The third-order valence-electron chi connectivity index (χ3n) is 6.51. The zero-order chi connectivity index (χ0) is 22.9. The van der Waals surface area contributed by atoms with E-state index in [9.17, 15) is 4.79 Å². The van der Waals surface area contributed by atoms with Crippen LogP contribution in [-0.2, 0) is 27.3 Å². The van der Waals surface area contributed by atoms with Gasteiger partial charge in [-0.1, -0.05) is 0 Å². The molecule has 5 rings (SSSR count). The molecule has 0 aliphatic heterocycles. The zero-order valence-electron chi connectivity index (χ0n) is 18.4. The molecule has 0 spiro atoms. The molecule has 1 aliphatic rings. The Hall–Kier alpha value is -2.10. The van der Waals surface area contributed by atoms with Gasteiger partial charge in [-0.2, -0.15) is 0 Å². The van der Waals surface area contributed by atoms with Gasteiger partial charge in [-0.05, 0) is 0 Å². The predicted octanol–water partition coefficient (Wildman–Crippen LogP) is 7.97. The summed E-state index contributed by atoms with van der Waals surface area (Å²) in [6.07, 6.45) is 1.24. The van der Waals surface area contributed by atoms with Crippen molar-refractivity contribution in [3.63, 3.8) is 0 Å². The number of amides is 1. The summed E-state index contributed by atoms with van der Waals surface area (Å²) in [5.41, 5.74) is 7.51. The molecule has 0 aromatic heterocycles. The molecule has 0 N–H and O–H groups in total. The summed E-state index contributed by atoms with van der Waals surface area (Å²) in [5.74, 6) is 0.151. The average molecular weight is 509 g/mol. The molecular formula is C28H24Cl2NOTi. The van der Waals surface area contributed by atoms with Crippen LogP contribution in [0.2, 0.25) is 0 Å². The van der Waals surface area contributed by atoms with Gasteiger partial charge < -0.3 is 0 Å². The molecule has 4 aromatic rings. The van der Waals surface area contributed by atoms with Crippen molar-refractivity contribution in [2.75, 3.05) is 0 Å². The SMILES string of the molecule is CCCC(=O)[N](Cc1c(C2c3ccccc3-c3ccccc32)ccc2ccccc12)[Ti]([Cl])[Cl]. The molecule has 2 nitrogen and oxygen atoms in total. The van der Waals surface area contributed by atoms with Gasteiger partial charge in [0.15, 0.2) is 0 Å². The topological polar surface area (TPSA) is 20.3 Å². The predicted molar refractivity (Wildman–Crippen MR) is 134 cm³/mol. The van der Waals surface area contributed by atoms with Crippen LogP contribution in [0, 0.1) is 0 Å². The van der Waals surface area contributed by atoms with E-state index in [1.165, 1.54) is 27.8 Å². The number of rotatable bonds is 6. The maximum absolute atomic E-state index is 13.0. The van der Waals surface area contributed by atoms with Gasteiger partial charge in [0.1, 0.15) is 0 Å². The molecule has 0 fully saturated rings. The Labute approximate surface area is 209 Å². The Kier molecular flexibility index (Phi) is 6.63. The van der Waals surface area contributed by atoms with Crippen molar-refractivity contribution >= 4 is 35.3 Å².